The van der Waals surface area contributed by atoms with Gasteiger partial charge >= 0.3 is 0 Å². The summed E-state index contributed by atoms with van der Waals surface area (Å²) in [6, 6.07) is 17.5. The minimum Gasteiger partial charge on any atom is -0.488 e. The zero-order valence-corrected chi connectivity index (χ0v) is 21.1. The summed E-state index contributed by atoms with van der Waals surface area (Å²) in [6.07, 6.45) is 8.69. The smallest absolute Gasteiger partial charge is 0.120 e. The lowest BCUT2D eigenvalue weighted by Crippen LogP contribution is -2.47. The van der Waals surface area contributed by atoms with E-state index in [1.54, 1.807) is 0 Å². The molecule has 2 aromatic carbocycles. The van der Waals surface area contributed by atoms with Crippen molar-refractivity contribution in [3.63, 3.8) is 0 Å². The first-order valence-electron chi connectivity index (χ1n) is 12.5. The van der Waals surface area contributed by atoms with Gasteiger partial charge in [0, 0.05) is 37.2 Å². The van der Waals surface area contributed by atoms with Crippen molar-refractivity contribution in [1.29, 1.82) is 0 Å². The summed E-state index contributed by atoms with van der Waals surface area (Å²) in [5, 5.41) is 9.37. The Labute approximate surface area is 205 Å². The number of benzene rings is 2. The highest BCUT2D eigenvalue weighted by atomic mass is 16.5. The fraction of sp³-hybridized carbons (Fsp3) is 0.419. The molecule has 3 nitrogen and oxygen atoms in total. The molecule has 0 saturated carbocycles. The lowest BCUT2D eigenvalue weighted by molar-refractivity contribution is 0.0850. The number of aryl methyl sites for hydroxylation is 1. The van der Waals surface area contributed by atoms with Crippen molar-refractivity contribution in [2.75, 3.05) is 19.7 Å². The van der Waals surface area contributed by atoms with Crippen LogP contribution in [0.2, 0.25) is 0 Å². The largest absolute Gasteiger partial charge is 0.488 e. The fourth-order valence-electron chi connectivity index (χ4n) is 5.31. The standard InChI is InChI=1S/C31H39NO2/c1-6-26(32-19-23(20-32)21-33)14-12-22(2)30-28(24-10-8-7-9-11-24)16-13-25-18-27(15-17-29(25)30)34-31(3,4)5/h6-12,14-15,17-18,23,28,30,33H,2,13,16,19-21H2,1,3-5H3/b14-12-,26-6+/t28-,30+/m1/s1. The van der Waals surface area contributed by atoms with Gasteiger partial charge in [-0.2, -0.15) is 0 Å². The van der Waals surface area contributed by atoms with Gasteiger partial charge in [-0.15, -0.1) is 0 Å². The van der Waals surface area contributed by atoms with E-state index in [-0.39, 0.29) is 18.1 Å². The van der Waals surface area contributed by atoms with Gasteiger partial charge < -0.3 is 14.7 Å². The number of fused-ring (bicyclic) bond motifs is 1. The molecule has 2 atom stereocenters. The van der Waals surface area contributed by atoms with Gasteiger partial charge in [0.15, 0.2) is 0 Å². The molecule has 0 bridgehead atoms. The maximum absolute atomic E-state index is 9.37. The predicted molar refractivity (Wildman–Crippen MR) is 141 cm³/mol. The second-order valence-electron chi connectivity index (χ2n) is 10.7. The third-order valence-corrected chi connectivity index (χ3v) is 6.97. The van der Waals surface area contributed by atoms with Crippen molar-refractivity contribution in [2.45, 2.75) is 58.0 Å². The van der Waals surface area contributed by atoms with Crippen LogP contribution >= 0.6 is 0 Å². The van der Waals surface area contributed by atoms with Crippen molar-refractivity contribution in [1.82, 2.24) is 4.90 Å². The number of allylic oxidation sites excluding steroid dienone is 4. The molecule has 1 aliphatic heterocycles. The summed E-state index contributed by atoms with van der Waals surface area (Å²) >= 11 is 0. The first-order chi connectivity index (χ1) is 16.3. The number of nitrogens with zero attached hydrogens (tertiary/aromatic N) is 1. The van der Waals surface area contributed by atoms with Crippen molar-refractivity contribution in [2.24, 2.45) is 5.92 Å². The van der Waals surface area contributed by atoms with E-state index >= 15 is 0 Å². The molecular weight excluding hydrogens is 418 g/mol. The molecule has 1 fully saturated rings. The molecule has 0 amide bonds. The molecule has 1 aliphatic carbocycles. The maximum Gasteiger partial charge on any atom is 0.120 e. The summed E-state index contributed by atoms with van der Waals surface area (Å²) in [5.41, 5.74) is 6.23. The molecule has 0 radical (unpaired) electrons. The summed E-state index contributed by atoms with van der Waals surface area (Å²) in [4.78, 5) is 2.32. The van der Waals surface area contributed by atoms with Crippen LogP contribution in [0.15, 0.2) is 84.6 Å². The number of hydrogen-bond acceptors (Lipinski definition) is 3. The Kier molecular flexibility index (Phi) is 7.33. The van der Waals surface area contributed by atoms with Gasteiger partial charge in [-0.25, -0.2) is 0 Å². The summed E-state index contributed by atoms with van der Waals surface area (Å²) < 4.78 is 6.16. The lowest BCUT2D eigenvalue weighted by Gasteiger charge is -2.41. The molecule has 0 aromatic heterocycles. The van der Waals surface area contributed by atoms with Gasteiger partial charge in [-0.05, 0) is 86.9 Å². The molecule has 0 spiro atoms. The van der Waals surface area contributed by atoms with Crippen LogP contribution in [0.3, 0.4) is 0 Å². The summed E-state index contributed by atoms with van der Waals surface area (Å²) in [7, 11) is 0. The van der Waals surface area contributed by atoms with Crippen molar-refractivity contribution in [3.05, 3.63) is 101 Å². The Morgan fingerprint density at radius 1 is 1.12 bits per heavy atom. The minimum absolute atomic E-state index is 0.212. The second kappa shape index (κ2) is 10.2. The summed E-state index contributed by atoms with van der Waals surface area (Å²) in [6.45, 7) is 15.0. The first-order valence-corrected chi connectivity index (χ1v) is 12.5. The predicted octanol–water partition coefficient (Wildman–Crippen LogP) is 6.62. The van der Waals surface area contributed by atoms with Crippen molar-refractivity contribution >= 4 is 0 Å². The molecular formula is C31H39NO2. The van der Waals surface area contributed by atoms with Gasteiger partial charge in [-0.3, -0.25) is 0 Å². The van der Waals surface area contributed by atoms with E-state index in [1.807, 2.05) is 0 Å². The van der Waals surface area contributed by atoms with Gasteiger partial charge in [0.2, 0.25) is 0 Å². The van der Waals surface area contributed by atoms with Crippen LogP contribution in [-0.2, 0) is 6.42 Å². The number of aliphatic hydroxyl groups excluding tert-OH is 1. The Morgan fingerprint density at radius 2 is 1.85 bits per heavy atom. The van der Waals surface area contributed by atoms with Crippen LogP contribution in [0, 0.1) is 5.92 Å². The second-order valence-corrected chi connectivity index (χ2v) is 10.7. The molecule has 180 valence electrons. The SMILES string of the molecule is C=C(/C=C\C(=C/C)N1CC(CO)C1)[C@@H]1c2ccc(OC(C)(C)C)cc2CC[C@@H]1c1ccccc1. The number of ether oxygens (including phenoxy) is 1. The van der Waals surface area contributed by atoms with E-state index in [2.05, 4.69) is 106 Å². The Balaban J connectivity index is 1.63. The van der Waals surface area contributed by atoms with Gasteiger partial charge in [-0.1, -0.05) is 55.1 Å². The summed E-state index contributed by atoms with van der Waals surface area (Å²) in [5.74, 6) is 1.96. The number of aliphatic hydroxyl groups is 1. The average molecular weight is 458 g/mol. The van der Waals surface area contributed by atoms with E-state index in [0.29, 0.717) is 11.8 Å². The lowest BCUT2D eigenvalue weighted by atomic mass is 9.69. The molecule has 2 aromatic rings. The van der Waals surface area contributed by atoms with Crippen molar-refractivity contribution in [3.8, 4) is 5.75 Å². The van der Waals surface area contributed by atoms with Crippen LogP contribution in [0.5, 0.6) is 5.75 Å². The van der Waals surface area contributed by atoms with Gasteiger partial charge in [0.25, 0.3) is 0 Å². The number of likely N-dealkylation sites (tertiary alicyclic amines) is 1. The van der Waals surface area contributed by atoms with Crippen LogP contribution in [0.4, 0.5) is 0 Å². The highest BCUT2D eigenvalue weighted by Gasteiger charge is 2.32. The van der Waals surface area contributed by atoms with E-state index in [0.717, 1.165) is 37.3 Å². The number of hydrogen-bond donors (Lipinski definition) is 1. The highest BCUT2D eigenvalue weighted by Crippen LogP contribution is 2.47. The molecule has 0 unspecified atom stereocenters. The van der Waals surface area contributed by atoms with Gasteiger partial charge in [0.1, 0.15) is 11.4 Å². The third kappa shape index (κ3) is 5.47. The normalized spacial score (nSPS) is 21.3. The number of rotatable bonds is 7. The Bertz CT molecular complexity index is 1050. The monoisotopic (exact) mass is 457 g/mol. The zero-order chi connectivity index (χ0) is 24.3. The van der Waals surface area contributed by atoms with Crippen LogP contribution in [0.25, 0.3) is 0 Å². The molecule has 3 heteroatoms. The topological polar surface area (TPSA) is 32.7 Å². The molecule has 1 N–H and O–H groups in total. The third-order valence-electron chi connectivity index (χ3n) is 6.97. The van der Waals surface area contributed by atoms with E-state index in [9.17, 15) is 5.11 Å². The molecule has 4 rings (SSSR count). The maximum atomic E-state index is 9.37. The fourth-order valence-corrected chi connectivity index (χ4v) is 5.31. The van der Waals surface area contributed by atoms with E-state index in [1.165, 1.54) is 22.4 Å². The van der Waals surface area contributed by atoms with E-state index < -0.39 is 0 Å². The highest BCUT2D eigenvalue weighted by molar-refractivity contribution is 5.48. The first kappa shape index (κ1) is 24.3. The van der Waals surface area contributed by atoms with Crippen LogP contribution in [0.1, 0.15) is 62.6 Å². The van der Waals surface area contributed by atoms with Gasteiger partial charge in [0.05, 0.1) is 0 Å². The minimum atomic E-state index is -0.212. The van der Waals surface area contributed by atoms with E-state index in [4.69, 9.17) is 4.74 Å². The quantitative estimate of drug-likeness (QED) is 0.474. The van der Waals surface area contributed by atoms with Crippen LogP contribution in [-0.4, -0.2) is 35.3 Å². The Hall–Kier alpha value is -2.78. The molecule has 2 aliphatic rings. The average Bonchev–Trinajstić information content (AvgIpc) is 2.78. The molecule has 34 heavy (non-hydrogen) atoms. The molecule has 1 saturated heterocycles. The Morgan fingerprint density at radius 3 is 2.50 bits per heavy atom. The van der Waals surface area contributed by atoms with Crippen LogP contribution < -0.4 is 4.74 Å². The molecule has 1 heterocycles. The van der Waals surface area contributed by atoms with Crippen molar-refractivity contribution < 1.29 is 9.84 Å². The zero-order valence-electron chi connectivity index (χ0n) is 21.1.